The number of hydrogen-bond donors (Lipinski definition) is 0. The van der Waals surface area contributed by atoms with E-state index in [1.807, 2.05) is 0 Å². The Hall–Kier alpha value is -1.26. The van der Waals surface area contributed by atoms with Crippen molar-refractivity contribution in [3.05, 3.63) is 45.7 Å². The van der Waals surface area contributed by atoms with Gasteiger partial charge in [0, 0.05) is 48.3 Å². The summed E-state index contributed by atoms with van der Waals surface area (Å²) in [5.41, 5.74) is 0.724. The number of alkyl halides is 2. The predicted molar refractivity (Wildman–Crippen MR) is 98.7 cm³/mol. The van der Waals surface area contributed by atoms with Crippen LogP contribution in [0.4, 0.5) is 8.78 Å². The van der Waals surface area contributed by atoms with Gasteiger partial charge in [0.05, 0.1) is 11.9 Å². The van der Waals surface area contributed by atoms with Crippen LogP contribution < -0.4 is 0 Å². The molecule has 0 bridgehead atoms. The van der Waals surface area contributed by atoms with Gasteiger partial charge in [-0.2, -0.15) is 18.2 Å². The van der Waals surface area contributed by atoms with Crippen molar-refractivity contribution in [2.75, 3.05) is 26.2 Å². The van der Waals surface area contributed by atoms with Crippen LogP contribution in [0.2, 0.25) is 10.0 Å². The van der Waals surface area contributed by atoms with Gasteiger partial charge in [0.2, 0.25) is 10.0 Å². The summed E-state index contributed by atoms with van der Waals surface area (Å²) in [7, 11) is -3.88. The molecule has 148 valence electrons. The summed E-state index contributed by atoms with van der Waals surface area (Å²) in [5.74, 6) is 0. The normalized spacial score (nSPS) is 17.0. The lowest BCUT2D eigenvalue weighted by Gasteiger charge is -2.34. The number of sulfonamides is 1. The maximum Gasteiger partial charge on any atom is 0.333 e. The van der Waals surface area contributed by atoms with Crippen LogP contribution in [0.25, 0.3) is 0 Å². The summed E-state index contributed by atoms with van der Waals surface area (Å²) in [4.78, 5) is 1.86. The highest BCUT2D eigenvalue weighted by atomic mass is 35.5. The Kier molecular flexibility index (Phi) is 6.07. The van der Waals surface area contributed by atoms with Gasteiger partial charge in [-0.1, -0.05) is 29.3 Å². The number of halogens is 4. The van der Waals surface area contributed by atoms with Crippen LogP contribution in [0, 0.1) is 6.92 Å². The number of nitrogens with zero attached hydrogens (tertiary/aromatic N) is 4. The summed E-state index contributed by atoms with van der Waals surface area (Å²) >= 11 is 12.4. The average molecular weight is 439 g/mol. The zero-order chi connectivity index (χ0) is 19.8. The van der Waals surface area contributed by atoms with Crippen molar-refractivity contribution in [2.45, 2.75) is 24.9 Å². The first-order valence-electron chi connectivity index (χ1n) is 8.19. The largest absolute Gasteiger partial charge is 0.333 e. The van der Waals surface area contributed by atoms with E-state index in [2.05, 4.69) is 10.00 Å². The summed E-state index contributed by atoms with van der Waals surface area (Å²) in [6.45, 7) is 0.376. The van der Waals surface area contributed by atoms with Crippen molar-refractivity contribution in [3.63, 3.8) is 0 Å². The molecule has 0 radical (unpaired) electrons. The molecule has 0 spiro atoms. The van der Waals surface area contributed by atoms with Gasteiger partial charge in [-0.25, -0.2) is 13.1 Å². The fourth-order valence-corrected chi connectivity index (χ4v) is 5.12. The monoisotopic (exact) mass is 438 g/mol. The van der Waals surface area contributed by atoms with Crippen molar-refractivity contribution in [3.8, 4) is 0 Å². The summed E-state index contributed by atoms with van der Waals surface area (Å²) in [6, 6.07) is 5.28. The van der Waals surface area contributed by atoms with Gasteiger partial charge in [-0.3, -0.25) is 4.90 Å². The Balaban J connectivity index is 1.70. The van der Waals surface area contributed by atoms with Gasteiger partial charge >= 0.3 is 6.55 Å². The first-order chi connectivity index (χ1) is 12.7. The molecule has 2 aromatic rings. The SMILES string of the molecule is Cc1c(S(=O)(=O)N2CCN(Cc3c(Cl)cccc3Cl)CC2)cnn1C(F)F. The molecule has 11 heteroatoms. The first kappa shape index (κ1) is 20.5. The molecule has 2 heterocycles. The standard InChI is InChI=1S/C16H18Cl2F2N4O2S/c1-11-15(9-21-24(11)16(19)20)27(25,26)23-7-5-22(6-8-23)10-12-13(17)3-2-4-14(12)18/h2-4,9,16H,5-8,10H2,1H3. The lowest BCUT2D eigenvalue weighted by atomic mass is 10.2. The van der Waals surface area contributed by atoms with Crippen molar-refractivity contribution >= 4 is 33.2 Å². The Bertz CT molecular complexity index is 908. The van der Waals surface area contributed by atoms with Crippen LogP contribution in [-0.2, 0) is 16.6 Å². The lowest BCUT2D eigenvalue weighted by Crippen LogP contribution is -2.48. The van der Waals surface area contributed by atoms with E-state index < -0.39 is 16.6 Å². The molecule has 1 saturated heterocycles. The molecular weight excluding hydrogens is 421 g/mol. The van der Waals surface area contributed by atoms with Crippen LogP contribution >= 0.6 is 23.2 Å². The molecule has 6 nitrogen and oxygen atoms in total. The maximum atomic E-state index is 12.9. The van der Waals surface area contributed by atoms with Crippen LogP contribution in [0.1, 0.15) is 17.8 Å². The Morgan fingerprint density at radius 2 is 1.74 bits per heavy atom. The number of hydrogen-bond acceptors (Lipinski definition) is 4. The minimum atomic E-state index is -3.88. The molecule has 1 aliphatic rings. The highest BCUT2D eigenvalue weighted by Gasteiger charge is 2.32. The van der Waals surface area contributed by atoms with E-state index in [1.54, 1.807) is 18.2 Å². The molecule has 0 unspecified atom stereocenters. The molecule has 27 heavy (non-hydrogen) atoms. The van der Waals surface area contributed by atoms with Crippen LogP contribution in [0.15, 0.2) is 29.3 Å². The topological polar surface area (TPSA) is 58.4 Å². The molecule has 1 aliphatic heterocycles. The average Bonchev–Trinajstić information content (AvgIpc) is 3.01. The van der Waals surface area contributed by atoms with E-state index in [1.165, 1.54) is 11.2 Å². The summed E-state index contributed by atoms with van der Waals surface area (Å²) in [5, 5.41) is 4.61. The van der Waals surface area contributed by atoms with Gasteiger partial charge in [-0.15, -0.1) is 0 Å². The van der Waals surface area contributed by atoms with E-state index in [9.17, 15) is 17.2 Å². The number of benzene rings is 1. The van der Waals surface area contributed by atoms with Gasteiger partial charge in [0.15, 0.2) is 0 Å². The Morgan fingerprint density at radius 1 is 1.15 bits per heavy atom. The second-order valence-corrected chi connectivity index (χ2v) is 8.92. The van der Waals surface area contributed by atoms with E-state index in [0.29, 0.717) is 34.4 Å². The summed E-state index contributed by atoms with van der Waals surface area (Å²) in [6.07, 6.45) is 0.979. The molecular formula is C16H18Cl2F2N4O2S. The quantitative estimate of drug-likeness (QED) is 0.717. The van der Waals surface area contributed by atoms with Gasteiger partial charge in [0.1, 0.15) is 4.90 Å². The van der Waals surface area contributed by atoms with Gasteiger partial charge < -0.3 is 0 Å². The molecule has 3 rings (SSSR count). The van der Waals surface area contributed by atoms with Crippen LogP contribution in [-0.4, -0.2) is 53.6 Å². The first-order valence-corrected chi connectivity index (χ1v) is 10.4. The zero-order valence-corrected chi connectivity index (χ0v) is 16.8. The number of piperazine rings is 1. The van der Waals surface area contributed by atoms with Crippen molar-refractivity contribution < 1.29 is 17.2 Å². The maximum absolute atomic E-state index is 12.9. The number of aromatic nitrogens is 2. The third-order valence-electron chi connectivity index (χ3n) is 4.58. The van der Waals surface area contributed by atoms with E-state index in [-0.39, 0.29) is 23.7 Å². The minimum Gasteiger partial charge on any atom is -0.296 e. The lowest BCUT2D eigenvalue weighted by molar-refractivity contribution is 0.0541. The zero-order valence-electron chi connectivity index (χ0n) is 14.4. The predicted octanol–water partition coefficient (Wildman–Crippen LogP) is 3.40. The molecule has 0 N–H and O–H groups in total. The fourth-order valence-electron chi connectivity index (χ4n) is 3.03. The smallest absolute Gasteiger partial charge is 0.296 e. The Morgan fingerprint density at radius 3 is 2.26 bits per heavy atom. The fraction of sp³-hybridized carbons (Fsp3) is 0.438. The highest BCUT2D eigenvalue weighted by Crippen LogP contribution is 2.27. The van der Waals surface area contributed by atoms with Crippen LogP contribution in [0.5, 0.6) is 0 Å². The van der Waals surface area contributed by atoms with Gasteiger partial charge in [0.25, 0.3) is 0 Å². The molecule has 0 aliphatic carbocycles. The molecule has 0 saturated carbocycles. The van der Waals surface area contributed by atoms with Crippen molar-refractivity contribution in [2.24, 2.45) is 0 Å². The molecule has 0 amide bonds. The third kappa shape index (κ3) is 4.12. The minimum absolute atomic E-state index is 0.0738. The van der Waals surface area contributed by atoms with Crippen LogP contribution in [0.3, 0.4) is 0 Å². The highest BCUT2D eigenvalue weighted by molar-refractivity contribution is 7.89. The van der Waals surface area contributed by atoms with Crippen molar-refractivity contribution in [1.82, 2.24) is 19.0 Å². The molecule has 1 aromatic carbocycles. The molecule has 1 aromatic heterocycles. The number of rotatable bonds is 5. The van der Waals surface area contributed by atoms with Gasteiger partial charge in [-0.05, 0) is 19.1 Å². The Labute approximate surface area is 166 Å². The van der Waals surface area contributed by atoms with E-state index >= 15 is 0 Å². The van der Waals surface area contributed by atoms with Crippen molar-refractivity contribution in [1.29, 1.82) is 0 Å². The second-order valence-electron chi connectivity index (χ2n) is 6.20. The molecule has 1 fully saturated rings. The van der Waals surface area contributed by atoms with E-state index in [4.69, 9.17) is 23.2 Å². The third-order valence-corrected chi connectivity index (χ3v) is 7.29. The molecule has 0 atom stereocenters. The van der Waals surface area contributed by atoms with E-state index in [0.717, 1.165) is 11.8 Å². The second kappa shape index (κ2) is 8.00. The summed E-state index contributed by atoms with van der Waals surface area (Å²) < 4.78 is 53.0.